The summed E-state index contributed by atoms with van der Waals surface area (Å²) in [6, 6.07) is 13.8. The van der Waals surface area contributed by atoms with Crippen LogP contribution in [0.2, 0.25) is 5.02 Å². The maximum atomic E-state index is 12.1. The zero-order chi connectivity index (χ0) is 17.6. The number of rotatable bonds is 5. The summed E-state index contributed by atoms with van der Waals surface area (Å²) >= 11 is 6.09. The fourth-order valence-corrected chi connectivity index (χ4v) is 3.18. The molecule has 5 heteroatoms. The Kier molecular flexibility index (Phi) is 5.82. The van der Waals surface area contributed by atoms with E-state index in [2.05, 4.69) is 27.7 Å². The van der Waals surface area contributed by atoms with Crippen LogP contribution in [-0.4, -0.2) is 25.5 Å². The van der Waals surface area contributed by atoms with Crippen LogP contribution in [0, 0.1) is 6.92 Å². The second-order valence-corrected chi connectivity index (χ2v) is 6.87. The van der Waals surface area contributed by atoms with Crippen molar-refractivity contribution in [1.82, 2.24) is 0 Å². The standard InChI is InChI=1S/C20H24ClN3O/c1-15-5-6-17(13-19(15)21)22-14-20(25)23-16-7-9-18(10-8-16)24-11-3-2-4-12-24/h5-10,13,22H,2-4,11-12,14H2,1H3,(H,23,25). The van der Waals surface area contributed by atoms with E-state index in [-0.39, 0.29) is 12.5 Å². The molecule has 4 nitrogen and oxygen atoms in total. The molecule has 2 N–H and O–H groups in total. The van der Waals surface area contributed by atoms with Gasteiger partial charge in [-0.1, -0.05) is 17.7 Å². The zero-order valence-corrected chi connectivity index (χ0v) is 15.3. The predicted molar refractivity (Wildman–Crippen MR) is 106 cm³/mol. The molecule has 0 saturated carbocycles. The second kappa shape index (κ2) is 8.26. The lowest BCUT2D eigenvalue weighted by molar-refractivity contribution is -0.114. The van der Waals surface area contributed by atoms with Gasteiger partial charge in [0, 0.05) is 35.2 Å². The Bertz CT molecular complexity index is 724. The van der Waals surface area contributed by atoms with Crippen molar-refractivity contribution in [2.24, 2.45) is 0 Å². The molecular formula is C20H24ClN3O. The lowest BCUT2D eigenvalue weighted by Crippen LogP contribution is -2.29. The average Bonchev–Trinajstić information content (AvgIpc) is 2.64. The highest BCUT2D eigenvalue weighted by Gasteiger charge is 2.11. The number of carbonyl (C=O) groups excluding carboxylic acids is 1. The van der Waals surface area contributed by atoms with Crippen molar-refractivity contribution in [1.29, 1.82) is 0 Å². The van der Waals surface area contributed by atoms with E-state index in [1.54, 1.807) is 0 Å². The first-order valence-corrected chi connectivity index (χ1v) is 9.14. The molecule has 1 fully saturated rings. The summed E-state index contributed by atoms with van der Waals surface area (Å²) in [4.78, 5) is 14.5. The van der Waals surface area contributed by atoms with Gasteiger partial charge in [-0.15, -0.1) is 0 Å². The van der Waals surface area contributed by atoms with Crippen molar-refractivity contribution < 1.29 is 4.79 Å². The lowest BCUT2D eigenvalue weighted by atomic mass is 10.1. The van der Waals surface area contributed by atoms with E-state index < -0.39 is 0 Å². The van der Waals surface area contributed by atoms with Gasteiger partial charge in [0.2, 0.25) is 5.91 Å². The van der Waals surface area contributed by atoms with Gasteiger partial charge < -0.3 is 15.5 Å². The molecule has 0 radical (unpaired) electrons. The first kappa shape index (κ1) is 17.6. The van der Waals surface area contributed by atoms with Crippen molar-refractivity contribution in [2.45, 2.75) is 26.2 Å². The molecule has 132 valence electrons. The molecule has 0 unspecified atom stereocenters. The zero-order valence-electron chi connectivity index (χ0n) is 14.5. The first-order chi connectivity index (χ1) is 12.1. The van der Waals surface area contributed by atoms with Crippen molar-refractivity contribution in [3.8, 4) is 0 Å². The molecule has 2 aromatic rings. The molecule has 1 aliphatic heterocycles. The SMILES string of the molecule is Cc1ccc(NCC(=O)Nc2ccc(N3CCCCC3)cc2)cc1Cl. The Morgan fingerprint density at radius 2 is 1.72 bits per heavy atom. The normalized spacial score (nSPS) is 14.2. The molecule has 2 aromatic carbocycles. The van der Waals surface area contributed by atoms with Gasteiger partial charge >= 0.3 is 0 Å². The molecule has 0 bridgehead atoms. The summed E-state index contributed by atoms with van der Waals surface area (Å²) in [5.41, 5.74) is 3.90. The molecule has 0 spiro atoms. The second-order valence-electron chi connectivity index (χ2n) is 6.46. The quantitative estimate of drug-likeness (QED) is 0.815. The van der Waals surface area contributed by atoms with E-state index in [0.717, 1.165) is 30.0 Å². The first-order valence-electron chi connectivity index (χ1n) is 8.77. The summed E-state index contributed by atoms with van der Waals surface area (Å²) in [6.07, 6.45) is 3.84. The number of piperidine rings is 1. The van der Waals surface area contributed by atoms with Crippen molar-refractivity contribution >= 4 is 34.6 Å². The number of aryl methyl sites for hydroxylation is 1. The van der Waals surface area contributed by atoms with E-state index in [4.69, 9.17) is 11.6 Å². The number of hydrogen-bond donors (Lipinski definition) is 2. The van der Waals surface area contributed by atoms with E-state index in [1.165, 1.54) is 24.9 Å². The van der Waals surface area contributed by atoms with Crippen molar-refractivity contribution in [2.75, 3.05) is 35.2 Å². The van der Waals surface area contributed by atoms with Crippen LogP contribution in [0.15, 0.2) is 42.5 Å². The Morgan fingerprint density at radius 1 is 1.04 bits per heavy atom. The van der Waals surface area contributed by atoms with E-state index in [9.17, 15) is 4.79 Å². The topological polar surface area (TPSA) is 44.4 Å². The van der Waals surface area contributed by atoms with Crippen LogP contribution >= 0.6 is 11.6 Å². The van der Waals surface area contributed by atoms with E-state index in [1.807, 2.05) is 37.3 Å². The van der Waals surface area contributed by atoms with Gasteiger partial charge in [0.15, 0.2) is 0 Å². The minimum absolute atomic E-state index is 0.0811. The van der Waals surface area contributed by atoms with Gasteiger partial charge in [0.25, 0.3) is 0 Å². The fraction of sp³-hybridized carbons (Fsp3) is 0.350. The fourth-order valence-electron chi connectivity index (χ4n) is 3.00. The third-order valence-electron chi connectivity index (χ3n) is 4.50. The Balaban J connectivity index is 1.51. The van der Waals surface area contributed by atoms with E-state index in [0.29, 0.717) is 5.02 Å². The van der Waals surface area contributed by atoms with Crippen LogP contribution in [-0.2, 0) is 4.79 Å². The molecule has 0 aromatic heterocycles. The highest BCUT2D eigenvalue weighted by atomic mass is 35.5. The predicted octanol–water partition coefficient (Wildman–Crippen LogP) is 4.69. The highest BCUT2D eigenvalue weighted by Crippen LogP contribution is 2.22. The molecule has 25 heavy (non-hydrogen) atoms. The van der Waals surface area contributed by atoms with Gasteiger partial charge in [-0.25, -0.2) is 0 Å². The minimum Gasteiger partial charge on any atom is -0.376 e. The third-order valence-corrected chi connectivity index (χ3v) is 4.90. The van der Waals surface area contributed by atoms with Gasteiger partial charge in [0.05, 0.1) is 6.54 Å². The Morgan fingerprint density at radius 3 is 2.40 bits per heavy atom. The number of anilines is 3. The molecule has 3 rings (SSSR count). The Labute approximate surface area is 154 Å². The molecule has 1 aliphatic rings. The number of nitrogens with one attached hydrogen (secondary N) is 2. The van der Waals surface area contributed by atoms with Crippen LogP contribution in [0.4, 0.5) is 17.1 Å². The summed E-state index contributed by atoms with van der Waals surface area (Å²) in [6.45, 7) is 4.39. The maximum absolute atomic E-state index is 12.1. The third kappa shape index (κ3) is 4.89. The summed E-state index contributed by atoms with van der Waals surface area (Å²) < 4.78 is 0. The largest absolute Gasteiger partial charge is 0.376 e. The molecular weight excluding hydrogens is 334 g/mol. The summed E-state index contributed by atoms with van der Waals surface area (Å²) in [5.74, 6) is -0.0811. The monoisotopic (exact) mass is 357 g/mol. The molecule has 0 aliphatic carbocycles. The van der Waals surface area contributed by atoms with Gasteiger partial charge in [-0.05, 0) is 68.1 Å². The summed E-state index contributed by atoms with van der Waals surface area (Å²) in [7, 11) is 0. The van der Waals surface area contributed by atoms with Gasteiger partial charge in [-0.3, -0.25) is 4.79 Å². The van der Waals surface area contributed by atoms with Crippen LogP contribution in [0.1, 0.15) is 24.8 Å². The number of nitrogens with zero attached hydrogens (tertiary/aromatic N) is 1. The smallest absolute Gasteiger partial charge is 0.243 e. The van der Waals surface area contributed by atoms with Crippen molar-refractivity contribution in [3.05, 3.63) is 53.1 Å². The molecule has 1 saturated heterocycles. The average molecular weight is 358 g/mol. The van der Waals surface area contributed by atoms with Gasteiger partial charge in [0.1, 0.15) is 0 Å². The highest BCUT2D eigenvalue weighted by molar-refractivity contribution is 6.31. The molecule has 1 heterocycles. The number of carbonyl (C=O) groups is 1. The number of amides is 1. The molecule has 0 atom stereocenters. The van der Waals surface area contributed by atoms with Crippen LogP contribution in [0.5, 0.6) is 0 Å². The lowest BCUT2D eigenvalue weighted by Gasteiger charge is -2.28. The summed E-state index contributed by atoms with van der Waals surface area (Å²) in [5, 5.41) is 6.70. The number of halogens is 1. The van der Waals surface area contributed by atoms with Gasteiger partial charge in [-0.2, -0.15) is 0 Å². The van der Waals surface area contributed by atoms with Crippen LogP contribution in [0.3, 0.4) is 0 Å². The number of benzene rings is 2. The van der Waals surface area contributed by atoms with E-state index >= 15 is 0 Å². The maximum Gasteiger partial charge on any atom is 0.243 e. The van der Waals surface area contributed by atoms with Crippen LogP contribution in [0.25, 0.3) is 0 Å². The Hall–Kier alpha value is -2.20. The minimum atomic E-state index is -0.0811. The van der Waals surface area contributed by atoms with Crippen molar-refractivity contribution in [3.63, 3.8) is 0 Å². The van der Waals surface area contributed by atoms with Crippen LogP contribution < -0.4 is 15.5 Å². The molecule has 1 amide bonds. The number of hydrogen-bond acceptors (Lipinski definition) is 3.